The summed E-state index contributed by atoms with van der Waals surface area (Å²) >= 11 is 1.41. The van der Waals surface area contributed by atoms with Gasteiger partial charge in [-0.1, -0.05) is 41.2 Å². The third-order valence-corrected chi connectivity index (χ3v) is 4.46. The van der Waals surface area contributed by atoms with Crippen molar-refractivity contribution in [3.05, 3.63) is 69.7 Å². The van der Waals surface area contributed by atoms with E-state index in [1.165, 1.54) is 16.9 Å². The molecule has 0 aliphatic rings. The summed E-state index contributed by atoms with van der Waals surface area (Å²) in [6.07, 6.45) is 0. The molecule has 6 nitrogen and oxygen atoms in total. The van der Waals surface area contributed by atoms with Crippen LogP contribution in [0, 0.1) is 6.92 Å². The fourth-order valence-corrected chi connectivity index (χ4v) is 3.18. The molecule has 0 spiro atoms. The lowest BCUT2D eigenvalue weighted by Gasteiger charge is -2.01. The monoisotopic (exact) mass is 338 g/mol. The molecule has 2 heterocycles. The van der Waals surface area contributed by atoms with Gasteiger partial charge in [-0.3, -0.25) is 4.57 Å². The van der Waals surface area contributed by atoms with Gasteiger partial charge in [0.2, 0.25) is 5.13 Å². The first-order chi connectivity index (χ1) is 11.7. The van der Waals surface area contributed by atoms with Gasteiger partial charge in [0.1, 0.15) is 5.01 Å². The minimum atomic E-state index is -0.389. The predicted molar refractivity (Wildman–Crippen MR) is 93.9 cm³/mol. The van der Waals surface area contributed by atoms with Crippen LogP contribution in [0.25, 0.3) is 11.1 Å². The number of aryl methyl sites for hydroxylation is 1. The van der Waals surface area contributed by atoms with E-state index in [0.717, 1.165) is 16.2 Å². The van der Waals surface area contributed by atoms with E-state index in [-0.39, 0.29) is 5.76 Å². The van der Waals surface area contributed by atoms with Crippen LogP contribution in [-0.4, -0.2) is 14.8 Å². The first-order valence-electron chi connectivity index (χ1n) is 7.43. The van der Waals surface area contributed by atoms with Gasteiger partial charge >= 0.3 is 5.76 Å². The molecule has 24 heavy (non-hydrogen) atoms. The number of anilines is 2. The van der Waals surface area contributed by atoms with Crippen molar-refractivity contribution in [3.63, 3.8) is 0 Å². The normalized spacial score (nSPS) is 11.0. The minimum Gasteiger partial charge on any atom is -0.408 e. The second-order valence-electron chi connectivity index (χ2n) is 5.41. The molecule has 4 aromatic rings. The third-order valence-electron chi connectivity index (χ3n) is 3.64. The van der Waals surface area contributed by atoms with Crippen LogP contribution in [0.2, 0.25) is 0 Å². The Kier molecular flexibility index (Phi) is 3.62. The summed E-state index contributed by atoms with van der Waals surface area (Å²) in [5.41, 5.74) is 3.48. The number of nitrogens with one attached hydrogen (secondary N) is 1. The molecule has 0 fully saturated rings. The van der Waals surface area contributed by atoms with E-state index in [0.29, 0.717) is 17.3 Å². The van der Waals surface area contributed by atoms with Gasteiger partial charge < -0.3 is 9.73 Å². The fourth-order valence-electron chi connectivity index (χ4n) is 2.43. The Labute approximate surface area is 141 Å². The van der Waals surface area contributed by atoms with Crippen molar-refractivity contribution in [2.75, 3.05) is 5.32 Å². The molecule has 4 rings (SSSR count). The number of para-hydroxylation sites is 2. The van der Waals surface area contributed by atoms with Crippen LogP contribution in [0.5, 0.6) is 0 Å². The van der Waals surface area contributed by atoms with Gasteiger partial charge in [0.15, 0.2) is 5.58 Å². The summed E-state index contributed by atoms with van der Waals surface area (Å²) in [4.78, 5) is 12.0. The summed E-state index contributed by atoms with van der Waals surface area (Å²) in [7, 11) is 0. The molecule has 2 aromatic carbocycles. The van der Waals surface area contributed by atoms with Gasteiger partial charge in [0.25, 0.3) is 0 Å². The van der Waals surface area contributed by atoms with Crippen LogP contribution in [0.4, 0.5) is 10.8 Å². The van der Waals surface area contributed by atoms with Crippen molar-refractivity contribution in [2.24, 2.45) is 0 Å². The quantitative estimate of drug-likeness (QED) is 0.616. The maximum absolute atomic E-state index is 12.0. The lowest BCUT2D eigenvalue weighted by molar-refractivity contribution is 0.517. The first kappa shape index (κ1) is 14.6. The number of rotatable bonds is 4. The summed E-state index contributed by atoms with van der Waals surface area (Å²) in [6, 6.07) is 15.4. The predicted octanol–water partition coefficient (Wildman–Crippen LogP) is 3.55. The Balaban J connectivity index is 1.57. The van der Waals surface area contributed by atoms with Crippen molar-refractivity contribution in [1.82, 2.24) is 14.8 Å². The van der Waals surface area contributed by atoms with Crippen LogP contribution in [0.3, 0.4) is 0 Å². The number of benzene rings is 2. The van der Waals surface area contributed by atoms with Crippen molar-refractivity contribution < 1.29 is 4.42 Å². The average molecular weight is 338 g/mol. The molecule has 0 bridgehead atoms. The zero-order valence-electron chi connectivity index (χ0n) is 12.9. The van der Waals surface area contributed by atoms with Gasteiger partial charge in [-0.2, -0.15) is 0 Å². The molecule has 0 amide bonds. The second-order valence-corrected chi connectivity index (χ2v) is 6.48. The van der Waals surface area contributed by atoms with Crippen LogP contribution < -0.4 is 11.1 Å². The molecule has 0 aliphatic heterocycles. The van der Waals surface area contributed by atoms with Crippen molar-refractivity contribution >= 4 is 33.3 Å². The summed E-state index contributed by atoms with van der Waals surface area (Å²) < 4.78 is 6.79. The highest BCUT2D eigenvalue weighted by Gasteiger charge is 2.12. The van der Waals surface area contributed by atoms with Gasteiger partial charge in [-0.05, 0) is 31.2 Å². The summed E-state index contributed by atoms with van der Waals surface area (Å²) in [5, 5.41) is 12.9. The number of fused-ring (bicyclic) bond motifs is 1. The molecule has 0 saturated carbocycles. The second kappa shape index (κ2) is 5.93. The van der Waals surface area contributed by atoms with E-state index in [9.17, 15) is 4.79 Å². The molecule has 1 N–H and O–H groups in total. The number of nitrogens with zero attached hydrogens (tertiary/aromatic N) is 3. The maximum atomic E-state index is 12.0. The van der Waals surface area contributed by atoms with E-state index in [2.05, 4.69) is 15.5 Å². The average Bonchev–Trinajstić information content (AvgIpc) is 3.15. The van der Waals surface area contributed by atoms with E-state index >= 15 is 0 Å². The number of hydrogen-bond donors (Lipinski definition) is 1. The number of hydrogen-bond acceptors (Lipinski definition) is 6. The first-order valence-corrected chi connectivity index (χ1v) is 8.25. The lowest BCUT2D eigenvalue weighted by Crippen LogP contribution is -2.14. The highest BCUT2D eigenvalue weighted by molar-refractivity contribution is 7.15. The Hall–Kier alpha value is -2.93. The molecule has 0 atom stereocenters. The number of aromatic nitrogens is 3. The van der Waals surface area contributed by atoms with E-state index in [1.807, 2.05) is 49.4 Å². The molecule has 2 aromatic heterocycles. The SMILES string of the molecule is Cc1ccc(Nc2nnc(Cn3c(=O)oc4ccccc43)s2)cc1. The molecule has 0 unspecified atom stereocenters. The Morgan fingerprint density at radius 2 is 1.92 bits per heavy atom. The maximum Gasteiger partial charge on any atom is 0.420 e. The van der Waals surface area contributed by atoms with Gasteiger partial charge in [0.05, 0.1) is 12.1 Å². The molecule has 0 radical (unpaired) electrons. The summed E-state index contributed by atoms with van der Waals surface area (Å²) in [6.45, 7) is 2.38. The van der Waals surface area contributed by atoms with Gasteiger partial charge in [-0.15, -0.1) is 10.2 Å². The van der Waals surface area contributed by atoms with Gasteiger partial charge in [0, 0.05) is 5.69 Å². The molecule has 120 valence electrons. The van der Waals surface area contributed by atoms with Crippen molar-refractivity contribution in [2.45, 2.75) is 13.5 Å². The third kappa shape index (κ3) is 2.81. The lowest BCUT2D eigenvalue weighted by atomic mass is 10.2. The van der Waals surface area contributed by atoms with Crippen LogP contribution in [-0.2, 0) is 6.54 Å². The molecular weight excluding hydrogens is 324 g/mol. The van der Waals surface area contributed by atoms with Crippen LogP contribution in [0.1, 0.15) is 10.6 Å². The Morgan fingerprint density at radius 1 is 1.12 bits per heavy atom. The molecule has 7 heteroatoms. The molecular formula is C17H14N4O2S. The largest absolute Gasteiger partial charge is 0.420 e. The minimum absolute atomic E-state index is 0.336. The topological polar surface area (TPSA) is 73.0 Å². The smallest absolute Gasteiger partial charge is 0.408 e. The van der Waals surface area contributed by atoms with Gasteiger partial charge in [-0.25, -0.2) is 4.79 Å². The van der Waals surface area contributed by atoms with Crippen molar-refractivity contribution in [3.8, 4) is 0 Å². The highest BCUT2D eigenvalue weighted by Crippen LogP contribution is 2.22. The standard InChI is InChI=1S/C17H14N4O2S/c1-11-6-8-12(9-7-11)18-16-20-19-15(24-16)10-21-13-4-2-3-5-14(13)23-17(21)22/h2-9H,10H2,1H3,(H,18,20). The van der Waals surface area contributed by atoms with E-state index in [4.69, 9.17) is 4.42 Å². The van der Waals surface area contributed by atoms with Crippen molar-refractivity contribution in [1.29, 1.82) is 0 Å². The van der Waals surface area contributed by atoms with E-state index in [1.54, 1.807) is 10.6 Å². The Morgan fingerprint density at radius 3 is 2.75 bits per heavy atom. The Bertz CT molecular complexity index is 1050. The number of oxazole rings is 1. The van der Waals surface area contributed by atoms with Crippen LogP contribution in [0.15, 0.2) is 57.7 Å². The zero-order chi connectivity index (χ0) is 16.5. The van der Waals surface area contributed by atoms with Crippen LogP contribution >= 0.6 is 11.3 Å². The molecule has 0 aliphatic carbocycles. The summed E-state index contributed by atoms with van der Waals surface area (Å²) in [5.74, 6) is -0.389. The fraction of sp³-hybridized carbons (Fsp3) is 0.118. The highest BCUT2D eigenvalue weighted by atomic mass is 32.1. The van der Waals surface area contributed by atoms with E-state index < -0.39 is 0 Å². The molecule has 0 saturated heterocycles. The zero-order valence-corrected chi connectivity index (χ0v) is 13.7.